The molecule has 19 heavy (non-hydrogen) atoms. The fraction of sp³-hybridized carbons (Fsp3) is 0.625. The van der Waals surface area contributed by atoms with E-state index in [4.69, 9.17) is 4.74 Å². The fourth-order valence-corrected chi connectivity index (χ4v) is 1.92. The molecule has 0 aliphatic carbocycles. The summed E-state index contributed by atoms with van der Waals surface area (Å²) in [5, 5.41) is 20.1. The minimum atomic E-state index is -0.766. The van der Waals surface area contributed by atoms with Gasteiger partial charge in [-0.15, -0.1) is 0 Å². The number of aliphatic hydroxyl groups is 2. The highest BCUT2D eigenvalue weighted by Crippen LogP contribution is 2.24. The van der Waals surface area contributed by atoms with Crippen LogP contribution in [0.15, 0.2) is 24.3 Å². The topological polar surface area (TPSA) is 49.7 Å². The molecule has 0 aliphatic rings. The molecule has 0 saturated heterocycles. The summed E-state index contributed by atoms with van der Waals surface area (Å²) in [6.07, 6.45) is 2.59. The van der Waals surface area contributed by atoms with Crippen molar-refractivity contribution >= 4 is 0 Å². The van der Waals surface area contributed by atoms with E-state index in [1.54, 1.807) is 0 Å². The summed E-state index contributed by atoms with van der Waals surface area (Å²) in [6.45, 7) is 6.24. The third-order valence-corrected chi connectivity index (χ3v) is 3.63. The zero-order chi connectivity index (χ0) is 14.3. The van der Waals surface area contributed by atoms with Crippen molar-refractivity contribution in [2.24, 2.45) is 0 Å². The first-order valence-electron chi connectivity index (χ1n) is 7.17. The largest absolute Gasteiger partial charge is 0.491 e. The third-order valence-electron chi connectivity index (χ3n) is 3.63. The van der Waals surface area contributed by atoms with Crippen LogP contribution in [0, 0.1) is 0 Å². The van der Waals surface area contributed by atoms with E-state index in [1.165, 1.54) is 0 Å². The van der Waals surface area contributed by atoms with Gasteiger partial charge < -0.3 is 14.9 Å². The maximum atomic E-state index is 10.2. The fourth-order valence-electron chi connectivity index (χ4n) is 1.92. The molecular formula is C16H26O3. The van der Waals surface area contributed by atoms with Crippen LogP contribution >= 0.6 is 0 Å². The average Bonchev–Trinajstić information content (AvgIpc) is 2.45. The van der Waals surface area contributed by atoms with Gasteiger partial charge in [0.05, 0.1) is 11.7 Å². The summed E-state index contributed by atoms with van der Waals surface area (Å²) in [5.74, 6) is 0.702. The minimum Gasteiger partial charge on any atom is -0.491 e. The number of hydrogen-bond donors (Lipinski definition) is 2. The Morgan fingerprint density at radius 3 is 2.47 bits per heavy atom. The van der Waals surface area contributed by atoms with E-state index in [0.29, 0.717) is 18.6 Å². The molecule has 1 rings (SSSR count). The molecule has 0 radical (unpaired) electrons. The van der Waals surface area contributed by atoms with Gasteiger partial charge in [-0.1, -0.05) is 39.3 Å². The van der Waals surface area contributed by atoms with Crippen molar-refractivity contribution in [2.75, 3.05) is 6.61 Å². The van der Waals surface area contributed by atoms with Crippen LogP contribution in [0.5, 0.6) is 5.75 Å². The van der Waals surface area contributed by atoms with Crippen LogP contribution in [-0.2, 0) is 0 Å². The Morgan fingerprint density at radius 2 is 1.89 bits per heavy atom. The maximum absolute atomic E-state index is 10.2. The van der Waals surface area contributed by atoms with E-state index in [1.807, 2.05) is 45.0 Å². The molecule has 0 amide bonds. The van der Waals surface area contributed by atoms with E-state index in [-0.39, 0.29) is 6.61 Å². The first-order valence-corrected chi connectivity index (χ1v) is 7.17. The van der Waals surface area contributed by atoms with Crippen LogP contribution in [0.2, 0.25) is 0 Å². The highest BCUT2D eigenvalue weighted by Gasteiger charge is 2.23. The second kappa shape index (κ2) is 7.51. The Morgan fingerprint density at radius 1 is 1.21 bits per heavy atom. The smallest absolute Gasteiger partial charge is 0.119 e. The van der Waals surface area contributed by atoms with Crippen molar-refractivity contribution in [3.05, 3.63) is 29.8 Å². The number of aliphatic hydroxyl groups excluding tert-OH is 1. The normalized spacial score (nSPS) is 13.3. The van der Waals surface area contributed by atoms with Crippen LogP contribution in [0.3, 0.4) is 0 Å². The summed E-state index contributed by atoms with van der Waals surface area (Å²) in [4.78, 5) is 0. The Bertz CT molecular complexity index is 372. The molecule has 0 saturated carbocycles. The van der Waals surface area contributed by atoms with Crippen molar-refractivity contribution in [1.29, 1.82) is 0 Å². The van der Waals surface area contributed by atoms with E-state index >= 15 is 0 Å². The molecule has 0 spiro atoms. The predicted molar refractivity (Wildman–Crippen MR) is 77.3 cm³/mol. The lowest BCUT2D eigenvalue weighted by Gasteiger charge is -2.25. The molecule has 0 fully saturated rings. The van der Waals surface area contributed by atoms with Gasteiger partial charge in [0.2, 0.25) is 0 Å². The summed E-state index contributed by atoms with van der Waals surface area (Å²) >= 11 is 0. The number of rotatable bonds is 8. The molecule has 1 aromatic rings. The number of ether oxygens (including phenoxy) is 1. The van der Waals surface area contributed by atoms with Crippen molar-refractivity contribution in [2.45, 2.75) is 58.2 Å². The number of hydrogen-bond acceptors (Lipinski definition) is 3. The van der Waals surface area contributed by atoms with Crippen molar-refractivity contribution in [3.63, 3.8) is 0 Å². The first kappa shape index (κ1) is 16.0. The molecule has 0 aromatic heterocycles. The summed E-state index contributed by atoms with van der Waals surface area (Å²) in [5.41, 5.74) is 0.105. The average molecular weight is 266 g/mol. The maximum Gasteiger partial charge on any atom is 0.119 e. The van der Waals surface area contributed by atoms with Gasteiger partial charge in [0.25, 0.3) is 0 Å². The van der Waals surface area contributed by atoms with E-state index < -0.39 is 11.7 Å². The zero-order valence-corrected chi connectivity index (χ0v) is 12.2. The van der Waals surface area contributed by atoms with Gasteiger partial charge in [0, 0.05) is 0 Å². The van der Waals surface area contributed by atoms with Crippen molar-refractivity contribution < 1.29 is 14.9 Å². The van der Waals surface area contributed by atoms with Gasteiger partial charge in [0.1, 0.15) is 12.4 Å². The molecule has 0 bridgehead atoms. The molecule has 3 nitrogen and oxygen atoms in total. The summed E-state index contributed by atoms with van der Waals surface area (Å²) in [7, 11) is 0. The molecule has 1 unspecified atom stereocenters. The standard InChI is InChI=1S/C16H26O3/c1-4-8-15(17)13-9-7-10-14(11-13)19-12-16(18,5-2)6-3/h7,9-11,15,17-18H,4-6,8,12H2,1-3H3. The van der Waals surface area contributed by atoms with Gasteiger partial charge in [-0.3, -0.25) is 0 Å². The van der Waals surface area contributed by atoms with Crippen LogP contribution in [-0.4, -0.2) is 22.4 Å². The molecule has 1 atom stereocenters. The summed E-state index contributed by atoms with van der Waals surface area (Å²) < 4.78 is 5.66. The SMILES string of the molecule is CCCC(O)c1cccc(OCC(O)(CC)CC)c1. The highest BCUT2D eigenvalue weighted by atomic mass is 16.5. The monoisotopic (exact) mass is 266 g/mol. The molecule has 0 aliphatic heterocycles. The minimum absolute atomic E-state index is 0.285. The second-order valence-electron chi connectivity index (χ2n) is 5.10. The third kappa shape index (κ3) is 4.84. The molecule has 108 valence electrons. The number of benzene rings is 1. The van der Waals surface area contributed by atoms with Gasteiger partial charge >= 0.3 is 0 Å². The van der Waals surface area contributed by atoms with E-state index in [2.05, 4.69) is 0 Å². The van der Waals surface area contributed by atoms with Gasteiger partial charge in [-0.05, 0) is 37.0 Å². The lowest BCUT2D eigenvalue weighted by molar-refractivity contribution is -0.0114. The second-order valence-corrected chi connectivity index (χ2v) is 5.10. The van der Waals surface area contributed by atoms with Crippen LogP contribution in [0.25, 0.3) is 0 Å². The van der Waals surface area contributed by atoms with E-state index in [0.717, 1.165) is 18.4 Å². The van der Waals surface area contributed by atoms with Gasteiger partial charge in [-0.25, -0.2) is 0 Å². The Balaban J connectivity index is 2.67. The molecule has 2 N–H and O–H groups in total. The quantitative estimate of drug-likeness (QED) is 0.757. The van der Waals surface area contributed by atoms with Crippen LogP contribution < -0.4 is 4.74 Å². The van der Waals surface area contributed by atoms with Crippen molar-refractivity contribution in [3.8, 4) is 5.75 Å². The Kier molecular flexibility index (Phi) is 6.32. The van der Waals surface area contributed by atoms with Crippen LogP contribution in [0.1, 0.15) is 58.1 Å². The van der Waals surface area contributed by atoms with E-state index in [9.17, 15) is 10.2 Å². The van der Waals surface area contributed by atoms with Crippen LogP contribution in [0.4, 0.5) is 0 Å². The van der Waals surface area contributed by atoms with Gasteiger partial charge in [0.15, 0.2) is 0 Å². The molecule has 3 heteroatoms. The summed E-state index contributed by atoms with van der Waals surface area (Å²) in [6, 6.07) is 7.49. The Hall–Kier alpha value is -1.06. The molecule has 0 heterocycles. The Labute approximate surface area is 116 Å². The lowest BCUT2D eigenvalue weighted by Crippen LogP contribution is -2.34. The van der Waals surface area contributed by atoms with Crippen molar-refractivity contribution in [1.82, 2.24) is 0 Å². The molecule has 1 aromatic carbocycles. The lowest BCUT2D eigenvalue weighted by atomic mass is 9.99. The van der Waals surface area contributed by atoms with Gasteiger partial charge in [-0.2, -0.15) is 0 Å². The zero-order valence-electron chi connectivity index (χ0n) is 12.2. The molecular weight excluding hydrogens is 240 g/mol. The predicted octanol–water partition coefficient (Wildman–Crippen LogP) is 3.45. The first-order chi connectivity index (χ1) is 9.04. The highest BCUT2D eigenvalue weighted by molar-refractivity contribution is 5.30.